The van der Waals surface area contributed by atoms with Crippen molar-refractivity contribution >= 4 is 39.2 Å². The molecule has 1 atom stereocenters. The molecule has 6 nitrogen and oxygen atoms in total. The first kappa shape index (κ1) is 20.0. The first-order valence-corrected chi connectivity index (χ1v) is 8.74. The van der Waals surface area contributed by atoms with Crippen LogP contribution in [0.5, 0.6) is 0 Å². The topological polar surface area (TPSA) is 74.3 Å². The van der Waals surface area contributed by atoms with Gasteiger partial charge in [-0.1, -0.05) is 6.07 Å². The highest BCUT2D eigenvalue weighted by atomic mass is 79.9. The Balaban J connectivity index is 1.89. The number of hydrogen-bond donors (Lipinski definition) is 2. The van der Waals surface area contributed by atoms with Gasteiger partial charge in [0.2, 0.25) is 11.8 Å². The fourth-order valence-electron chi connectivity index (χ4n) is 2.11. The van der Waals surface area contributed by atoms with E-state index in [4.69, 9.17) is 0 Å². The van der Waals surface area contributed by atoms with Gasteiger partial charge in [0.15, 0.2) is 0 Å². The van der Waals surface area contributed by atoms with Crippen molar-refractivity contribution in [3.05, 3.63) is 52.4 Å². The lowest BCUT2D eigenvalue weighted by atomic mass is 10.2. The molecule has 1 aromatic carbocycles. The molecular formula is C18H20BrFN4O2. The van der Waals surface area contributed by atoms with Gasteiger partial charge in [-0.2, -0.15) is 0 Å². The van der Waals surface area contributed by atoms with Crippen LogP contribution in [0.1, 0.15) is 12.5 Å². The number of nitrogens with one attached hydrogen (secondary N) is 2. The number of benzene rings is 1. The van der Waals surface area contributed by atoms with Crippen LogP contribution in [0.15, 0.2) is 41.0 Å². The van der Waals surface area contributed by atoms with E-state index in [1.807, 2.05) is 0 Å². The van der Waals surface area contributed by atoms with Crippen molar-refractivity contribution in [3.63, 3.8) is 0 Å². The number of amides is 2. The Morgan fingerprint density at radius 1 is 1.27 bits per heavy atom. The predicted molar refractivity (Wildman–Crippen MR) is 102 cm³/mol. The number of likely N-dealkylation sites (N-methyl/N-ethyl adjacent to an activating group) is 1. The molecule has 0 bridgehead atoms. The molecule has 1 aromatic heterocycles. The van der Waals surface area contributed by atoms with E-state index in [9.17, 15) is 14.0 Å². The molecular weight excluding hydrogens is 403 g/mol. The van der Waals surface area contributed by atoms with Crippen LogP contribution in [0.2, 0.25) is 0 Å². The van der Waals surface area contributed by atoms with E-state index in [0.717, 1.165) is 4.47 Å². The van der Waals surface area contributed by atoms with Crippen molar-refractivity contribution in [1.29, 1.82) is 0 Å². The van der Waals surface area contributed by atoms with E-state index in [1.165, 1.54) is 6.07 Å². The smallest absolute Gasteiger partial charge is 0.241 e. The maximum absolute atomic E-state index is 13.6. The van der Waals surface area contributed by atoms with E-state index >= 15 is 0 Å². The molecule has 2 aromatic rings. The summed E-state index contributed by atoms with van der Waals surface area (Å²) in [6.07, 6.45) is 1.58. The lowest BCUT2D eigenvalue weighted by Crippen LogP contribution is -2.43. The predicted octanol–water partition coefficient (Wildman–Crippen LogP) is 3.19. The summed E-state index contributed by atoms with van der Waals surface area (Å²) in [7, 11) is 1.66. The van der Waals surface area contributed by atoms with Gasteiger partial charge in [0.1, 0.15) is 11.6 Å². The highest BCUT2D eigenvalue weighted by Gasteiger charge is 2.20. The average molecular weight is 423 g/mol. The van der Waals surface area contributed by atoms with Crippen molar-refractivity contribution in [2.75, 3.05) is 24.2 Å². The van der Waals surface area contributed by atoms with Crippen molar-refractivity contribution in [3.8, 4) is 0 Å². The summed E-state index contributed by atoms with van der Waals surface area (Å²) in [5, 5.41) is 5.31. The molecule has 1 unspecified atom stereocenters. The highest BCUT2D eigenvalue weighted by Crippen LogP contribution is 2.14. The standard InChI is InChI=1S/C18H20BrFN4O2/c1-11-4-6-14(8-15(11)20)22-18(26)12(2)24(3)10-17(25)23-16-7-5-13(19)9-21-16/h4-9,12H,10H2,1-3H3,(H,22,26)(H,21,23,25). The SMILES string of the molecule is Cc1ccc(NC(=O)C(C)N(C)CC(=O)Nc2ccc(Br)cn2)cc1F. The van der Waals surface area contributed by atoms with Gasteiger partial charge >= 0.3 is 0 Å². The molecule has 0 saturated heterocycles. The molecule has 2 amide bonds. The van der Waals surface area contributed by atoms with Crippen molar-refractivity contribution in [2.24, 2.45) is 0 Å². The van der Waals surface area contributed by atoms with Gasteiger partial charge in [-0.05, 0) is 66.7 Å². The zero-order valence-electron chi connectivity index (χ0n) is 14.7. The lowest BCUT2D eigenvalue weighted by Gasteiger charge is -2.23. The molecule has 0 aliphatic heterocycles. The zero-order chi connectivity index (χ0) is 19.3. The maximum atomic E-state index is 13.6. The molecule has 26 heavy (non-hydrogen) atoms. The van der Waals surface area contributed by atoms with Crippen LogP contribution in [-0.4, -0.2) is 41.3 Å². The highest BCUT2D eigenvalue weighted by molar-refractivity contribution is 9.10. The molecule has 1 heterocycles. The number of carbonyl (C=O) groups is 2. The average Bonchev–Trinajstić information content (AvgIpc) is 2.59. The number of halogens is 2. The molecule has 0 spiro atoms. The molecule has 138 valence electrons. The largest absolute Gasteiger partial charge is 0.325 e. The van der Waals surface area contributed by atoms with Crippen LogP contribution < -0.4 is 10.6 Å². The van der Waals surface area contributed by atoms with Crippen LogP contribution in [0.3, 0.4) is 0 Å². The van der Waals surface area contributed by atoms with Crippen molar-refractivity contribution in [1.82, 2.24) is 9.88 Å². The third-order valence-corrected chi connectivity index (χ3v) is 4.34. The number of carbonyl (C=O) groups excluding carboxylic acids is 2. The summed E-state index contributed by atoms with van der Waals surface area (Å²) in [6.45, 7) is 3.33. The van der Waals surface area contributed by atoms with E-state index in [-0.39, 0.29) is 24.2 Å². The maximum Gasteiger partial charge on any atom is 0.241 e. The molecule has 0 fully saturated rings. The van der Waals surface area contributed by atoms with Crippen LogP contribution >= 0.6 is 15.9 Å². The Kier molecular flexibility index (Phi) is 6.82. The number of aromatic nitrogens is 1. The number of hydrogen-bond acceptors (Lipinski definition) is 4. The number of aryl methyl sites for hydroxylation is 1. The quantitative estimate of drug-likeness (QED) is 0.749. The normalized spacial score (nSPS) is 11.9. The van der Waals surface area contributed by atoms with Crippen LogP contribution in [0, 0.1) is 12.7 Å². The minimum atomic E-state index is -0.581. The van der Waals surface area contributed by atoms with Gasteiger partial charge in [-0.25, -0.2) is 9.37 Å². The van der Waals surface area contributed by atoms with Gasteiger partial charge in [0.05, 0.1) is 12.6 Å². The molecule has 2 N–H and O–H groups in total. The third-order valence-electron chi connectivity index (χ3n) is 3.87. The minimum Gasteiger partial charge on any atom is -0.325 e. The van der Waals surface area contributed by atoms with Gasteiger partial charge in [-0.3, -0.25) is 14.5 Å². The first-order chi connectivity index (χ1) is 12.3. The summed E-state index contributed by atoms with van der Waals surface area (Å²) in [6, 6.07) is 7.36. The second-order valence-corrected chi connectivity index (χ2v) is 6.87. The van der Waals surface area contributed by atoms with Crippen molar-refractivity contribution < 1.29 is 14.0 Å². The molecule has 0 saturated carbocycles. The van der Waals surface area contributed by atoms with Crippen LogP contribution in [0.4, 0.5) is 15.9 Å². The van der Waals surface area contributed by atoms with E-state index in [2.05, 4.69) is 31.5 Å². The molecule has 0 radical (unpaired) electrons. The Morgan fingerprint density at radius 2 is 2.00 bits per heavy atom. The Bertz CT molecular complexity index is 798. The second kappa shape index (κ2) is 8.86. The van der Waals surface area contributed by atoms with Gasteiger partial charge < -0.3 is 10.6 Å². The van der Waals surface area contributed by atoms with Gasteiger partial charge in [0, 0.05) is 16.4 Å². The summed E-state index contributed by atoms with van der Waals surface area (Å²) < 4.78 is 14.4. The number of anilines is 2. The fraction of sp³-hybridized carbons (Fsp3) is 0.278. The van der Waals surface area contributed by atoms with E-state index in [0.29, 0.717) is 17.1 Å². The lowest BCUT2D eigenvalue weighted by molar-refractivity contribution is -0.122. The van der Waals surface area contributed by atoms with E-state index in [1.54, 1.807) is 56.3 Å². The monoisotopic (exact) mass is 422 g/mol. The van der Waals surface area contributed by atoms with E-state index < -0.39 is 6.04 Å². The fourth-order valence-corrected chi connectivity index (χ4v) is 2.35. The summed E-state index contributed by atoms with van der Waals surface area (Å²) in [4.78, 5) is 30.0. The Labute approximate surface area is 159 Å². The molecule has 2 rings (SSSR count). The minimum absolute atomic E-state index is 0.00852. The first-order valence-electron chi connectivity index (χ1n) is 7.95. The van der Waals surface area contributed by atoms with Gasteiger partial charge in [0.25, 0.3) is 0 Å². The third kappa shape index (κ3) is 5.60. The van der Waals surface area contributed by atoms with Crippen LogP contribution in [-0.2, 0) is 9.59 Å². The summed E-state index contributed by atoms with van der Waals surface area (Å²) in [5.74, 6) is -0.572. The summed E-state index contributed by atoms with van der Waals surface area (Å²) >= 11 is 3.27. The number of rotatable bonds is 6. The summed E-state index contributed by atoms with van der Waals surface area (Å²) in [5.41, 5.74) is 0.883. The Morgan fingerprint density at radius 3 is 2.62 bits per heavy atom. The Hall–Kier alpha value is -2.32. The number of nitrogens with zero attached hydrogens (tertiary/aromatic N) is 2. The molecule has 8 heteroatoms. The second-order valence-electron chi connectivity index (χ2n) is 5.95. The van der Waals surface area contributed by atoms with Crippen molar-refractivity contribution in [2.45, 2.75) is 19.9 Å². The molecule has 0 aliphatic carbocycles. The van der Waals surface area contributed by atoms with Gasteiger partial charge in [-0.15, -0.1) is 0 Å². The number of pyridine rings is 1. The van der Waals surface area contributed by atoms with Crippen LogP contribution in [0.25, 0.3) is 0 Å². The molecule has 0 aliphatic rings. The zero-order valence-corrected chi connectivity index (χ0v) is 16.3.